The smallest absolute Gasteiger partial charge is 0.0577 e. The molecule has 0 saturated carbocycles. The van der Waals surface area contributed by atoms with Crippen molar-refractivity contribution in [3.05, 3.63) is 65.0 Å². The highest BCUT2D eigenvalue weighted by Gasteiger charge is 2.13. The summed E-state index contributed by atoms with van der Waals surface area (Å²) < 4.78 is 0. The van der Waals surface area contributed by atoms with Crippen LogP contribution in [0.4, 0.5) is 0 Å². The zero-order valence-corrected chi connectivity index (χ0v) is 12.0. The molecule has 0 aliphatic heterocycles. The van der Waals surface area contributed by atoms with Crippen molar-refractivity contribution in [2.24, 2.45) is 0 Å². The van der Waals surface area contributed by atoms with E-state index in [9.17, 15) is 0 Å². The summed E-state index contributed by atoms with van der Waals surface area (Å²) in [5.41, 5.74) is 4.95. The molecule has 0 aliphatic rings. The van der Waals surface area contributed by atoms with Crippen LogP contribution in [-0.4, -0.2) is 11.5 Å². The number of pyridine rings is 1. The molecule has 19 heavy (non-hydrogen) atoms. The topological polar surface area (TPSA) is 24.9 Å². The highest BCUT2D eigenvalue weighted by Crippen LogP contribution is 2.22. The van der Waals surface area contributed by atoms with Crippen LogP contribution >= 0.6 is 0 Å². The molecule has 2 rings (SSSR count). The van der Waals surface area contributed by atoms with Gasteiger partial charge in [0.05, 0.1) is 6.04 Å². The summed E-state index contributed by atoms with van der Waals surface area (Å²) >= 11 is 0. The highest BCUT2D eigenvalue weighted by molar-refractivity contribution is 5.33. The van der Waals surface area contributed by atoms with E-state index < -0.39 is 0 Å². The zero-order chi connectivity index (χ0) is 13.7. The zero-order valence-electron chi connectivity index (χ0n) is 12.0. The molecule has 2 aromatic rings. The number of hydrogen-bond donors (Lipinski definition) is 1. The van der Waals surface area contributed by atoms with Crippen LogP contribution in [0, 0.1) is 13.8 Å². The van der Waals surface area contributed by atoms with Crippen LogP contribution in [-0.2, 0) is 0 Å². The van der Waals surface area contributed by atoms with Gasteiger partial charge in [-0.15, -0.1) is 0 Å². The van der Waals surface area contributed by atoms with E-state index >= 15 is 0 Å². The maximum atomic E-state index is 4.28. The first-order valence-corrected chi connectivity index (χ1v) is 6.93. The summed E-state index contributed by atoms with van der Waals surface area (Å²) in [7, 11) is 0. The van der Waals surface area contributed by atoms with Crippen LogP contribution in [0.1, 0.15) is 41.8 Å². The molecule has 1 unspecified atom stereocenters. The summed E-state index contributed by atoms with van der Waals surface area (Å²) in [6.07, 6.45) is 3.02. The van der Waals surface area contributed by atoms with Crippen molar-refractivity contribution in [3.63, 3.8) is 0 Å². The fourth-order valence-corrected chi connectivity index (χ4v) is 2.22. The lowest BCUT2D eigenvalue weighted by molar-refractivity contribution is 0.597. The first-order valence-electron chi connectivity index (χ1n) is 6.93. The number of aryl methyl sites for hydroxylation is 2. The molecule has 0 aliphatic carbocycles. The quantitative estimate of drug-likeness (QED) is 0.878. The Kier molecular flexibility index (Phi) is 4.69. The van der Waals surface area contributed by atoms with Crippen LogP contribution in [0.25, 0.3) is 0 Å². The second-order valence-corrected chi connectivity index (χ2v) is 5.03. The summed E-state index contributed by atoms with van der Waals surface area (Å²) in [5.74, 6) is 0. The van der Waals surface area contributed by atoms with Crippen LogP contribution in [0.5, 0.6) is 0 Å². The van der Waals surface area contributed by atoms with E-state index in [1.807, 2.05) is 13.1 Å². The highest BCUT2D eigenvalue weighted by atomic mass is 14.9. The first kappa shape index (κ1) is 13.8. The van der Waals surface area contributed by atoms with Crippen molar-refractivity contribution in [1.82, 2.24) is 10.3 Å². The Labute approximate surface area is 115 Å². The van der Waals surface area contributed by atoms with E-state index in [4.69, 9.17) is 0 Å². The standard InChI is InChI=1S/C17H22N2/c1-4-10-19-17(15-7-5-13(2)6-8-15)16-9-11-18-14(3)12-16/h5-9,11-12,17,19H,4,10H2,1-3H3. The molecule has 1 heterocycles. The van der Waals surface area contributed by atoms with Gasteiger partial charge < -0.3 is 5.32 Å². The molecule has 2 heteroatoms. The number of rotatable bonds is 5. The van der Waals surface area contributed by atoms with Gasteiger partial charge in [0.15, 0.2) is 0 Å². The molecule has 0 amide bonds. The van der Waals surface area contributed by atoms with Gasteiger partial charge in [0.25, 0.3) is 0 Å². The van der Waals surface area contributed by atoms with Crippen molar-refractivity contribution in [2.45, 2.75) is 33.2 Å². The summed E-state index contributed by atoms with van der Waals surface area (Å²) in [5, 5.41) is 3.62. The van der Waals surface area contributed by atoms with E-state index in [0.29, 0.717) is 0 Å². The molecule has 100 valence electrons. The first-order chi connectivity index (χ1) is 9.20. The van der Waals surface area contributed by atoms with E-state index in [2.05, 4.69) is 60.5 Å². The number of nitrogens with zero attached hydrogens (tertiary/aromatic N) is 1. The lowest BCUT2D eigenvalue weighted by atomic mass is 9.98. The fraction of sp³-hybridized carbons (Fsp3) is 0.353. The van der Waals surface area contributed by atoms with Gasteiger partial charge in [-0.25, -0.2) is 0 Å². The molecular weight excluding hydrogens is 232 g/mol. The lowest BCUT2D eigenvalue weighted by Gasteiger charge is -2.20. The van der Waals surface area contributed by atoms with Crippen molar-refractivity contribution >= 4 is 0 Å². The van der Waals surface area contributed by atoms with Crippen molar-refractivity contribution in [2.75, 3.05) is 6.54 Å². The van der Waals surface area contributed by atoms with Crippen LogP contribution < -0.4 is 5.32 Å². The average Bonchev–Trinajstić information content (AvgIpc) is 2.41. The second-order valence-electron chi connectivity index (χ2n) is 5.03. The average molecular weight is 254 g/mol. The van der Waals surface area contributed by atoms with Crippen molar-refractivity contribution in [1.29, 1.82) is 0 Å². The number of nitrogens with one attached hydrogen (secondary N) is 1. The van der Waals surface area contributed by atoms with E-state index in [0.717, 1.165) is 18.7 Å². The fourth-order valence-electron chi connectivity index (χ4n) is 2.22. The minimum Gasteiger partial charge on any atom is -0.306 e. The van der Waals surface area contributed by atoms with Gasteiger partial charge in [-0.1, -0.05) is 36.8 Å². The minimum absolute atomic E-state index is 0.252. The molecule has 0 saturated heterocycles. The second kappa shape index (κ2) is 6.48. The Morgan fingerprint density at radius 1 is 1.05 bits per heavy atom. The van der Waals surface area contributed by atoms with Crippen LogP contribution in [0.15, 0.2) is 42.6 Å². The van der Waals surface area contributed by atoms with E-state index in [-0.39, 0.29) is 6.04 Å². The summed E-state index contributed by atoms with van der Waals surface area (Å²) in [4.78, 5) is 4.28. The third kappa shape index (κ3) is 3.65. The van der Waals surface area contributed by atoms with Gasteiger partial charge in [0, 0.05) is 11.9 Å². The molecule has 1 aromatic carbocycles. The van der Waals surface area contributed by atoms with E-state index in [1.54, 1.807) is 0 Å². The number of hydrogen-bond acceptors (Lipinski definition) is 2. The summed E-state index contributed by atoms with van der Waals surface area (Å²) in [6.45, 7) is 7.36. The predicted molar refractivity (Wildman–Crippen MR) is 80.3 cm³/mol. The lowest BCUT2D eigenvalue weighted by Crippen LogP contribution is -2.23. The third-order valence-corrected chi connectivity index (χ3v) is 3.26. The molecule has 0 bridgehead atoms. The van der Waals surface area contributed by atoms with Gasteiger partial charge >= 0.3 is 0 Å². The predicted octanol–water partition coefficient (Wildman–Crippen LogP) is 3.79. The van der Waals surface area contributed by atoms with Gasteiger partial charge in [0.1, 0.15) is 0 Å². The Hall–Kier alpha value is -1.67. The van der Waals surface area contributed by atoms with Gasteiger partial charge in [0.2, 0.25) is 0 Å². The normalized spacial score (nSPS) is 12.4. The maximum Gasteiger partial charge on any atom is 0.0577 e. The maximum absolute atomic E-state index is 4.28. The third-order valence-electron chi connectivity index (χ3n) is 3.26. The Bertz CT molecular complexity index is 517. The summed E-state index contributed by atoms with van der Waals surface area (Å²) in [6, 6.07) is 13.3. The molecule has 1 aromatic heterocycles. The molecule has 2 nitrogen and oxygen atoms in total. The van der Waals surface area contributed by atoms with Gasteiger partial charge in [-0.2, -0.15) is 0 Å². The SMILES string of the molecule is CCCNC(c1ccc(C)cc1)c1ccnc(C)c1. The Morgan fingerprint density at radius 2 is 1.79 bits per heavy atom. The van der Waals surface area contributed by atoms with Crippen molar-refractivity contribution in [3.8, 4) is 0 Å². The van der Waals surface area contributed by atoms with Crippen molar-refractivity contribution < 1.29 is 0 Å². The van der Waals surface area contributed by atoms with Crippen LogP contribution in [0.2, 0.25) is 0 Å². The number of benzene rings is 1. The Balaban J connectivity index is 2.32. The Morgan fingerprint density at radius 3 is 2.42 bits per heavy atom. The molecule has 1 atom stereocenters. The van der Waals surface area contributed by atoms with Gasteiger partial charge in [-0.3, -0.25) is 4.98 Å². The van der Waals surface area contributed by atoms with Crippen LogP contribution in [0.3, 0.4) is 0 Å². The molecule has 0 fully saturated rings. The van der Waals surface area contributed by atoms with E-state index in [1.165, 1.54) is 16.7 Å². The largest absolute Gasteiger partial charge is 0.306 e. The number of aromatic nitrogens is 1. The molecule has 0 spiro atoms. The molecule has 0 radical (unpaired) electrons. The molecule has 1 N–H and O–H groups in total. The minimum atomic E-state index is 0.252. The molecular formula is C17H22N2. The van der Waals surface area contributed by atoms with Gasteiger partial charge in [-0.05, 0) is 50.1 Å². The monoisotopic (exact) mass is 254 g/mol.